The zero-order chi connectivity index (χ0) is 14.0. The fourth-order valence-electron chi connectivity index (χ4n) is 1.93. The van der Waals surface area contributed by atoms with Gasteiger partial charge in [0.15, 0.2) is 0 Å². The lowest BCUT2D eigenvalue weighted by Crippen LogP contribution is -1.94. The number of halogens is 1. The number of unbranched alkanes of at least 4 members (excludes halogenated alkanes) is 8. The molecule has 0 N–H and O–H groups in total. The summed E-state index contributed by atoms with van der Waals surface area (Å²) in [5.74, 6) is 0.667. The maximum absolute atomic E-state index is 5.54. The average molecular weight is 287 g/mol. The lowest BCUT2D eigenvalue weighted by atomic mass is 10.1. The lowest BCUT2D eigenvalue weighted by Gasteiger charge is -2.02. The van der Waals surface area contributed by atoms with Crippen LogP contribution in [0.3, 0.4) is 0 Å². The first-order valence-electron chi connectivity index (χ1n) is 7.95. The Hall–Kier alpha value is -0.230. The highest BCUT2D eigenvalue weighted by molar-refractivity contribution is 6.17. The molecule has 1 nitrogen and oxygen atoms in total. The SMILES string of the molecule is CCCCCCCCCCCOCC=C=CCCCl. The Morgan fingerprint density at radius 1 is 0.895 bits per heavy atom. The van der Waals surface area contributed by atoms with E-state index in [9.17, 15) is 0 Å². The molecule has 0 radical (unpaired) electrons. The van der Waals surface area contributed by atoms with Gasteiger partial charge in [-0.2, -0.15) is 0 Å². The molecule has 0 unspecified atom stereocenters. The molecular weight excluding hydrogens is 256 g/mol. The summed E-state index contributed by atoms with van der Waals surface area (Å²) in [5, 5.41) is 0. The maximum Gasteiger partial charge on any atom is 0.0721 e. The molecule has 2 heteroatoms. The highest BCUT2D eigenvalue weighted by Crippen LogP contribution is 2.09. The van der Waals surface area contributed by atoms with E-state index < -0.39 is 0 Å². The van der Waals surface area contributed by atoms with Gasteiger partial charge in [-0.05, 0) is 25.0 Å². The highest BCUT2D eigenvalue weighted by Gasteiger charge is 1.92. The van der Waals surface area contributed by atoms with Gasteiger partial charge in [-0.3, -0.25) is 0 Å². The van der Waals surface area contributed by atoms with Gasteiger partial charge >= 0.3 is 0 Å². The van der Waals surface area contributed by atoms with Crippen LogP contribution in [0.25, 0.3) is 0 Å². The normalized spacial score (nSPS) is 10.2. The molecule has 0 aromatic heterocycles. The van der Waals surface area contributed by atoms with Crippen LogP contribution in [0.15, 0.2) is 17.9 Å². The van der Waals surface area contributed by atoms with Crippen molar-refractivity contribution in [1.82, 2.24) is 0 Å². The summed E-state index contributed by atoms with van der Waals surface area (Å²) in [6.07, 6.45) is 17.0. The van der Waals surface area contributed by atoms with Crippen LogP contribution >= 0.6 is 11.6 Å². The summed E-state index contributed by atoms with van der Waals surface area (Å²) in [4.78, 5) is 0. The smallest absolute Gasteiger partial charge is 0.0721 e. The van der Waals surface area contributed by atoms with E-state index in [0.29, 0.717) is 12.5 Å². The molecule has 0 fully saturated rings. The zero-order valence-corrected chi connectivity index (χ0v) is 13.4. The van der Waals surface area contributed by atoms with Crippen molar-refractivity contribution in [3.8, 4) is 0 Å². The second kappa shape index (κ2) is 17.8. The van der Waals surface area contributed by atoms with Crippen LogP contribution in [0.5, 0.6) is 0 Å². The average Bonchev–Trinajstić information content (AvgIpc) is 2.43. The van der Waals surface area contributed by atoms with Crippen LogP contribution in [0.2, 0.25) is 0 Å². The molecule has 19 heavy (non-hydrogen) atoms. The molecule has 0 aromatic rings. The van der Waals surface area contributed by atoms with Crippen molar-refractivity contribution in [2.24, 2.45) is 0 Å². The van der Waals surface area contributed by atoms with Crippen LogP contribution in [0.4, 0.5) is 0 Å². The van der Waals surface area contributed by atoms with Crippen LogP contribution < -0.4 is 0 Å². The summed E-state index contributed by atoms with van der Waals surface area (Å²) >= 11 is 5.54. The van der Waals surface area contributed by atoms with E-state index >= 15 is 0 Å². The quantitative estimate of drug-likeness (QED) is 0.220. The predicted octanol–water partition coefficient (Wildman–Crippen LogP) is 5.87. The van der Waals surface area contributed by atoms with Gasteiger partial charge < -0.3 is 4.74 Å². The minimum Gasteiger partial charge on any atom is -0.377 e. The summed E-state index contributed by atoms with van der Waals surface area (Å²) in [5.41, 5.74) is 3.06. The molecule has 0 atom stereocenters. The molecule has 0 bridgehead atoms. The van der Waals surface area contributed by atoms with Gasteiger partial charge in [0.1, 0.15) is 0 Å². The van der Waals surface area contributed by atoms with E-state index in [1.165, 1.54) is 57.8 Å². The minimum absolute atomic E-state index is 0.667. The first-order valence-corrected chi connectivity index (χ1v) is 8.48. The molecule has 0 aliphatic carbocycles. The lowest BCUT2D eigenvalue weighted by molar-refractivity contribution is 0.157. The monoisotopic (exact) mass is 286 g/mol. The third-order valence-electron chi connectivity index (χ3n) is 3.08. The largest absolute Gasteiger partial charge is 0.377 e. The van der Waals surface area contributed by atoms with Crippen molar-refractivity contribution < 1.29 is 4.74 Å². The fourth-order valence-corrected chi connectivity index (χ4v) is 2.04. The molecule has 0 saturated carbocycles. The van der Waals surface area contributed by atoms with Crippen molar-refractivity contribution in [3.05, 3.63) is 17.9 Å². The van der Waals surface area contributed by atoms with Crippen molar-refractivity contribution in [1.29, 1.82) is 0 Å². The van der Waals surface area contributed by atoms with Crippen LogP contribution in [0, 0.1) is 0 Å². The Labute approximate surface area is 125 Å². The summed E-state index contributed by atoms with van der Waals surface area (Å²) in [6.45, 7) is 3.82. The van der Waals surface area contributed by atoms with E-state index in [1.807, 2.05) is 12.2 Å². The molecule has 0 aliphatic heterocycles. The molecule has 112 valence electrons. The van der Waals surface area contributed by atoms with Crippen molar-refractivity contribution in [3.63, 3.8) is 0 Å². The Morgan fingerprint density at radius 3 is 2.16 bits per heavy atom. The molecule has 0 aromatic carbocycles. The van der Waals surface area contributed by atoms with Crippen LogP contribution in [0.1, 0.15) is 71.1 Å². The summed E-state index contributed by atoms with van der Waals surface area (Å²) in [6, 6.07) is 0. The van der Waals surface area contributed by atoms with Crippen LogP contribution in [-0.2, 0) is 4.74 Å². The van der Waals surface area contributed by atoms with Gasteiger partial charge in [0, 0.05) is 12.5 Å². The first kappa shape index (κ1) is 18.8. The maximum atomic E-state index is 5.54. The molecule has 0 rings (SSSR count). The molecule has 0 saturated heterocycles. The van der Waals surface area contributed by atoms with E-state index in [4.69, 9.17) is 16.3 Å². The first-order chi connectivity index (χ1) is 9.41. The summed E-state index contributed by atoms with van der Waals surface area (Å²) < 4.78 is 5.50. The summed E-state index contributed by atoms with van der Waals surface area (Å²) in [7, 11) is 0. The molecule has 0 heterocycles. The van der Waals surface area contributed by atoms with Crippen molar-refractivity contribution in [2.45, 2.75) is 71.1 Å². The second-order valence-corrected chi connectivity index (χ2v) is 5.33. The number of hydrogen-bond donors (Lipinski definition) is 0. The number of alkyl halides is 1. The van der Waals surface area contributed by atoms with E-state index in [2.05, 4.69) is 12.7 Å². The van der Waals surface area contributed by atoms with Gasteiger partial charge in [0.25, 0.3) is 0 Å². The van der Waals surface area contributed by atoms with E-state index in [0.717, 1.165) is 13.0 Å². The van der Waals surface area contributed by atoms with E-state index in [-0.39, 0.29) is 0 Å². The Balaban J connectivity index is 3.04. The third kappa shape index (κ3) is 17.8. The van der Waals surface area contributed by atoms with Gasteiger partial charge in [0.2, 0.25) is 0 Å². The molecule has 0 spiro atoms. The second-order valence-electron chi connectivity index (χ2n) is 4.96. The number of hydrogen-bond acceptors (Lipinski definition) is 1. The van der Waals surface area contributed by atoms with Crippen LogP contribution in [-0.4, -0.2) is 19.1 Å². The molecule has 0 amide bonds. The van der Waals surface area contributed by atoms with Gasteiger partial charge in [0.05, 0.1) is 6.61 Å². The predicted molar refractivity (Wildman–Crippen MR) is 86.0 cm³/mol. The van der Waals surface area contributed by atoms with Crippen molar-refractivity contribution >= 4 is 11.6 Å². The highest BCUT2D eigenvalue weighted by atomic mass is 35.5. The fraction of sp³-hybridized carbons (Fsp3) is 0.824. The minimum atomic E-state index is 0.667. The Kier molecular flexibility index (Phi) is 17.6. The Morgan fingerprint density at radius 2 is 1.53 bits per heavy atom. The molecule has 0 aliphatic rings. The van der Waals surface area contributed by atoms with Gasteiger partial charge in [-0.1, -0.05) is 58.3 Å². The molecular formula is C17H31ClO. The Bertz CT molecular complexity index is 219. The van der Waals surface area contributed by atoms with Gasteiger partial charge in [-0.15, -0.1) is 17.3 Å². The van der Waals surface area contributed by atoms with Gasteiger partial charge in [-0.25, -0.2) is 0 Å². The number of rotatable bonds is 14. The zero-order valence-electron chi connectivity index (χ0n) is 12.6. The number of ether oxygens (including phenoxy) is 1. The van der Waals surface area contributed by atoms with Crippen molar-refractivity contribution in [2.75, 3.05) is 19.1 Å². The third-order valence-corrected chi connectivity index (χ3v) is 3.30. The topological polar surface area (TPSA) is 9.23 Å². The van der Waals surface area contributed by atoms with E-state index in [1.54, 1.807) is 0 Å². The standard InChI is InChI=1S/C17H31ClO/c1-2-3-4-5-6-7-8-10-13-16-19-17-14-11-9-12-15-18/h9,14H,2-8,10,12-13,15-17H2,1H3.